The average Bonchev–Trinajstić information content (AvgIpc) is 2.80. The Morgan fingerprint density at radius 3 is 2.82 bits per heavy atom. The number of hydrogen-bond donors (Lipinski definition) is 1. The number of ether oxygens (including phenoxy) is 1. The van der Waals surface area contributed by atoms with Gasteiger partial charge in [-0.3, -0.25) is 0 Å². The van der Waals surface area contributed by atoms with Crippen LogP contribution in [-0.4, -0.2) is 30.5 Å². The van der Waals surface area contributed by atoms with Crippen LogP contribution in [0.5, 0.6) is 0 Å². The molecular formula is C11H17N3O2S. The third-order valence-corrected chi connectivity index (χ3v) is 3.98. The van der Waals surface area contributed by atoms with E-state index in [1.807, 2.05) is 0 Å². The van der Waals surface area contributed by atoms with E-state index in [-0.39, 0.29) is 11.2 Å². The van der Waals surface area contributed by atoms with Crippen molar-refractivity contribution in [1.82, 2.24) is 4.37 Å². The smallest absolute Gasteiger partial charge is 0.344 e. The van der Waals surface area contributed by atoms with Gasteiger partial charge in [0.2, 0.25) is 0 Å². The number of aromatic nitrogens is 1. The number of hydrogen-bond acceptors (Lipinski definition) is 6. The SMILES string of the molecule is COC(=O)c1c(N)nsc1N1CCC(C)(C)C1. The van der Waals surface area contributed by atoms with Crippen molar-refractivity contribution >= 4 is 28.3 Å². The van der Waals surface area contributed by atoms with Crippen LogP contribution in [-0.2, 0) is 4.74 Å². The highest BCUT2D eigenvalue weighted by atomic mass is 32.1. The molecule has 1 fully saturated rings. The Morgan fingerprint density at radius 1 is 1.59 bits per heavy atom. The highest BCUT2D eigenvalue weighted by molar-refractivity contribution is 7.11. The van der Waals surface area contributed by atoms with Gasteiger partial charge in [-0.2, -0.15) is 4.37 Å². The largest absolute Gasteiger partial charge is 0.465 e. The average molecular weight is 255 g/mol. The Bertz CT molecular complexity index is 442. The first-order valence-corrected chi connectivity index (χ1v) is 6.30. The molecule has 6 heteroatoms. The second-order valence-electron chi connectivity index (χ2n) is 5.08. The predicted molar refractivity (Wildman–Crippen MR) is 68.5 cm³/mol. The molecule has 94 valence electrons. The fourth-order valence-electron chi connectivity index (χ4n) is 2.09. The lowest BCUT2D eigenvalue weighted by Gasteiger charge is -2.20. The maximum Gasteiger partial charge on any atom is 0.344 e. The molecule has 5 nitrogen and oxygen atoms in total. The summed E-state index contributed by atoms with van der Waals surface area (Å²) in [4.78, 5) is 13.8. The molecular weight excluding hydrogens is 238 g/mol. The van der Waals surface area contributed by atoms with Crippen LogP contribution in [0.1, 0.15) is 30.6 Å². The number of carbonyl (C=O) groups excluding carboxylic acids is 1. The van der Waals surface area contributed by atoms with E-state index in [0.29, 0.717) is 5.56 Å². The van der Waals surface area contributed by atoms with Crippen LogP contribution in [0.2, 0.25) is 0 Å². The summed E-state index contributed by atoms with van der Waals surface area (Å²) >= 11 is 1.27. The molecule has 1 aromatic rings. The fourth-order valence-corrected chi connectivity index (χ4v) is 2.92. The van der Waals surface area contributed by atoms with Crippen LogP contribution in [0.15, 0.2) is 0 Å². The molecule has 1 saturated heterocycles. The molecule has 0 amide bonds. The van der Waals surface area contributed by atoms with Gasteiger partial charge in [0, 0.05) is 13.1 Å². The summed E-state index contributed by atoms with van der Waals surface area (Å²) in [7, 11) is 1.36. The van der Waals surface area contributed by atoms with Crippen molar-refractivity contribution in [3.05, 3.63) is 5.56 Å². The molecule has 0 saturated carbocycles. The van der Waals surface area contributed by atoms with Crippen LogP contribution in [0.3, 0.4) is 0 Å². The minimum absolute atomic E-state index is 0.265. The second kappa shape index (κ2) is 4.18. The van der Waals surface area contributed by atoms with E-state index in [0.717, 1.165) is 24.5 Å². The monoisotopic (exact) mass is 255 g/mol. The van der Waals surface area contributed by atoms with Crippen molar-refractivity contribution in [1.29, 1.82) is 0 Å². The van der Waals surface area contributed by atoms with Crippen molar-refractivity contribution in [2.75, 3.05) is 30.8 Å². The van der Waals surface area contributed by atoms with E-state index in [1.54, 1.807) is 0 Å². The quantitative estimate of drug-likeness (QED) is 0.815. The molecule has 0 aliphatic carbocycles. The number of rotatable bonds is 2. The first kappa shape index (κ1) is 12.2. The minimum atomic E-state index is -0.407. The van der Waals surface area contributed by atoms with Gasteiger partial charge >= 0.3 is 5.97 Å². The van der Waals surface area contributed by atoms with E-state index in [2.05, 4.69) is 23.1 Å². The van der Waals surface area contributed by atoms with Crippen molar-refractivity contribution in [2.45, 2.75) is 20.3 Å². The van der Waals surface area contributed by atoms with Crippen LogP contribution in [0, 0.1) is 5.41 Å². The van der Waals surface area contributed by atoms with Crippen molar-refractivity contribution in [2.24, 2.45) is 5.41 Å². The van der Waals surface area contributed by atoms with Gasteiger partial charge in [0.15, 0.2) is 5.82 Å². The molecule has 2 N–H and O–H groups in total. The van der Waals surface area contributed by atoms with Gasteiger partial charge in [0.1, 0.15) is 10.6 Å². The first-order valence-electron chi connectivity index (χ1n) is 5.53. The molecule has 0 radical (unpaired) electrons. The Kier molecular flexibility index (Phi) is 2.99. The molecule has 0 spiro atoms. The molecule has 2 heterocycles. The van der Waals surface area contributed by atoms with Crippen molar-refractivity contribution in [3.63, 3.8) is 0 Å². The number of carbonyl (C=O) groups is 1. The molecule has 1 aliphatic rings. The third-order valence-electron chi connectivity index (χ3n) is 3.05. The zero-order valence-corrected chi connectivity index (χ0v) is 11.1. The topological polar surface area (TPSA) is 68.5 Å². The molecule has 2 rings (SSSR count). The van der Waals surface area contributed by atoms with Gasteiger partial charge < -0.3 is 15.4 Å². The summed E-state index contributed by atoms with van der Waals surface area (Å²) in [6.45, 7) is 6.28. The van der Waals surface area contributed by atoms with Crippen molar-refractivity contribution in [3.8, 4) is 0 Å². The van der Waals surface area contributed by atoms with Gasteiger partial charge in [0.05, 0.1) is 7.11 Å². The standard InChI is InChI=1S/C11H17N3O2S/c1-11(2)4-5-14(6-11)9-7(10(15)16-3)8(12)13-17-9/h4-6H2,1-3H3,(H2,12,13). The highest BCUT2D eigenvalue weighted by Gasteiger charge is 2.33. The Labute approximate surface area is 105 Å². The van der Waals surface area contributed by atoms with Gasteiger partial charge in [-0.1, -0.05) is 13.8 Å². The molecule has 0 bridgehead atoms. The summed E-state index contributed by atoms with van der Waals surface area (Å²) in [6, 6.07) is 0. The Morgan fingerprint density at radius 2 is 2.29 bits per heavy atom. The van der Waals surface area contributed by atoms with E-state index in [9.17, 15) is 4.79 Å². The number of methoxy groups -OCH3 is 1. The lowest BCUT2D eigenvalue weighted by atomic mass is 9.93. The molecule has 1 aromatic heterocycles. The second-order valence-corrected chi connectivity index (χ2v) is 5.83. The Hall–Kier alpha value is -1.30. The van der Waals surface area contributed by atoms with Gasteiger partial charge in [-0.15, -0.1) is 0 Å². The molecule has 17 heavy (non-hydrogen) atoms. The van der Waals surface area contributed by atoms with E-state index >= 15 is 0 Å². The van der Waals surface area contributed by atoms with E-state index in [1.165, 1.54) is 18.6 Å². The number of nitrogens with two attached hydrogens (primary N) is 1. The maximum absolute atomic E-state index is 11.7. The number of nitrogens with zero attached hydrogens (tertiary/aromatic N) is 2. The molecule has 0 atom stereocenters. The lowest BCUT2D eigenvalue weighted by molar-refractivity contribution is 0.0603. The van der Waals surface area contributed by atoms with Crippen LogP contribution in [0.4, 0.5) is 10.8 Å². The summed E-state index contributed by atoms with van der Waals surface area (Å²) in [5.41, 5.74) is 6.41. The van der Waals surface area contributed by atoms with Gasteiger partial charge in [0.25, 0.3) is 0 Å². The van der Waals surface area contributed by atoms with Crippen LogP contribution >= 0.6 is 11.5 Å². The highest BCUT2D eigenvalue weighted by Crippen LogP contribution is 2.38. The lowest BCUT2D eigenvalue weighted by Crippen LogP contribution is -2.23. The molecule has 0 unspecified atom stereocenters. The number of anilines is 2. The molecule has 0 aromatic carbocycles. The van der Waals surface area contributed by atoms with E-state index in [4.69, 9.17) is 10.5 Å². The molecule has 1 aliphatic heterocycles. The number of esters is 1. The van der Waals surface area contributed by atoms with Crippen LogP contribution < -0.4 is 10.6 Å². The Balaban J connectivity index is 2.31. The van der Waals surface area contributed by atoms with Gasteiger partial charge in [-0.05, 0) is 23.4 Å². The van der Waals surface area contributed by atoms with Crippen molar-refractivity contribution < 1.29 is 9.53 Å². The zero-order valence-electron chi connectivity index (χ0n) is 10.3. The summed E-state index contributed by atoms with van der Waals surface area (Å²) < 4.78 is 8.80. The predicted octanol–water partition coefficient (Wildman–Crippen LogP) is 1.75. The number of nitrogen functional groups attached to an aromatic ring is 1. The maximum atomic E-state index is 11.7. The summed E-state index contributed by atoms with van der Waals surface area (Å²) in [5, 5.41) is 0.833. The van der Waals surface area contributed by atoms with E-state index < -0.39 is 5.97 Å². The minimum Gasteiger partial charge on any atom is -0.465 e. The normalized spacial score (nSPS) is 18.4. The fraction of sp³-hybridized carbons (Fsp3) is 0.636. The zero-order chi connectivity index (χ0) is 12.6. The summed E-state index contributed by atoms with van der Waals surface area (Å²) in [5.74, 6) is -0.141. The summed E-state index contributed by atoms with van der Waals surface area (Å²) in [6.07, 6.45) is 1.10. The third kappa shape index (κ3) is 2.22. The first-order chi connectivity index (χ1) is 7.94. The van der Waals surface area contributed by atoms with Gasteiger partial charge in [-0.25, -0.2) is 4.79 Å². The van der Waals surface area contributed by atoms with Crippen LogP contribution in [0.25, 0.3) is 0 Å².